The highest BCUT2D eigenvalue weighted by atomic mass is 79.9. The first-order valence-corrected chi connectivity index (χ1v) is 10.3. The maximum Gasteiger partial charge on any atom is 0.188 e. The Labute approximate surface area is 185 Å². The fourth-order valence-corrected chi connectivity index (χ4v) is 3.57. The lowest BCUT2D eigenvalue weighted by Crippen LogP contribution is -2.07. The van der Waals surface area contributed by atoms with Crippen molar-refractivity contribution in [2.75, 3.05) is 27.8 Å². The van der Waals surface area contributed by atoms with E-state index in [1.54, 1.807) is 14.2 Å². The van der Waals surface area contributed by atoms with Gasteiger partial charge in [-0.1, -0.05) is 60.7 Å². The van der Waals surface area contributed by atoms with Crippen LogP contribution in [-0.4, -0.2) is 27.8 Å². The summed E-state index contributed by atoms with van der Waals surface area (Å²) in [5, 5.41) is 0. The zero-order valence-corrected chi connectivity index (χ0v) is 18.7. The summed E-state index contributed by atoms with van der Waals surface area (Å²) in [6, 6.07) is 22.0. The molecule has 5 nitrogen and oxygen atoms in total. The van der Waals surface area contributed by atoms with Crippen molar-refractivity contribution in [3.8, 4) is 22.6 Å². The first kappa shape index (κ1) is 22.3. The fraction of sp³-hybridized carbons (Fsp3) is 0.250. The van der Waals surface area contributed by atoms with Gasteiger partial charge >= 0.3 is 0 Å². The van der Waals surface area contributed by atoms with Crippen LogP contribution >= 0.6 is 15.9 Å². The second-order valence-corrected chi connectivity index (χ2v) is 7.28. The number of rotatable bonds is 11. The zero-order chi connectivity index (χ0) is 21.2. The normalized spacial score (nSPS) is 10.8. The summed E-state index contributed by atoms with van der Waals surface area (Å²) in [4.78, 5) is 0. The molecular weight excluding hydrogens is 448 g/mol. The highest BCUT2D eigenvalue weighted by molar-refractivity contribution is 9.10. The lowest BCUT2D eigenvalue weighted by molar-refractivity contribution is 0.0452. The van der Waals surface area contributed by atoms with Crippen molar-refractivity contribution in [3.63, 3.8) is 0 Å². The van der Waals surface area contributed by atoms with Crippen molar-refractivity contribution in [2.24, 2.45) is 0 Å². The topological polar surface area (TPSA) is 46.2 Å². The van der Waals surface area contributed by atoms with Crippen LogP contribution in [0.25, 0.3) is 11.1 Å². The monoisotopic (exact) mass is 472 g/mol. The second-order valence-electron chi connectivity index (χ2n) is 6.49. The quantitative estimate of drug-likeness (QED) is 0.330. The van der Waals surface area contributed by atoms with Crippen LogP contribution in [0.5, 0.6) is 11.5 Å². The van der Waals surface area contributed by atoms with Gasteiger partial charge in [-0.2, -0.15) is 0 Å². The maximum atomic E-state index is 6.06. The molecule has 0 N–H and O–H groups in total. The van der Waals surface area contributed by atoms with E-state index in [4.69, 9.17) is 23.7 Å². The molecule has 0 aromatic heterocycles. The molecule has 0 heterocycles. The summed E-state index contributed by atoms with van der Waals surface area (Å²) < 4.78 is 28.7. The average molecular weight is 473 g/mol. The Balaban J connectivity index is 2.00. The van der Waals surface area contributed by atoms with E-state index in [-0.39, 0.29) is 13.6 Å². The summed E-state index contributed by atoms with van der Waals surface area (Å²) in [6.45, 7) is 1.11. The smallest absolute Gasteiger partial charge is 0.188 e. The number of hydrogen-bond acceptors (Lipinski definition) is 5. The number of hydrogen-bond donors (Lipinski definition) is 0. The van der Waals surface area contributed by atoms with Gasteiger partial charge in [0.25, 0.3) is 0 Å². The van der Waals surface area contributed by atoms with Gasteiger partial charge in [-0.3, -0.25) is 0 Å². The third kappa shape index (κ3) is 5.83. The summed E-state index contributed by atoms with van der Waals surface area (Å²) in [7, 11) is 3.17. The van der Waals surface area contributed by atoms with Crippen LogP contribution in [0.4, 0.5) is 0 Å². The van der Waals surface area contributed by atoms with Crippen molar-refractivity contribution in [3.05, 3.63) is 82.3 Å². The molecule has 0 atom stereocenters. The van der Waals surface area contributed by atoms with Gasteiger partial charge in [0.05, 0.1) is 17.7 Å². The number of methoxy groups -OCH3 is 2. The molecule has 0 saturated carbocycles. The Kier molecular flexibility index (Phi) is 8.71. The lowest BCUT2D eigenvalue weighted by atomic mass is 9.98. The van der Waals surface area contributed by atoms with Gasteiger partial charge in [-0.25, -0.2) is 0 Å². The minimum Gasteiger partial charge on any atom is -0.467 e. The van der Waals surface area contributed by atoms with Gasteiger partial charge in [-0.05, 0) is 27.1 Å². The highest BCUT2D eigenvalue weighted by Gasteiger charge is 2.20. The molecule has 3 aromatic carbocycles. The molecule has 0 aliphatic carbocycles. The summed E-state index contributed by atoms with van der Waals surface area (Å²) in [6.07, 6.45) is 0. The van der Waals surface area contributed by atoms with Crippen molar-refractivity contribution >= 4 is 15.9 Å². The van der Waals surface area contributed by atoms with Crippen LogP contribution in [0.15, 0.2) is 71.2 Å². The number of halogens is 1. The first-order chi connectivity index (χ1) is 14.7. The standard InChI is InChI=1S/C24H25BrO5/c1-26-16-29-21-13-22(30-17-27-2)24(25)20(23(21)19-11-7-4-8-12-19)15-28-14-18-9-5-3-6-10-18/h3-13H,14-17H2,1-2H3. The molecule has 0 spiro atoms. The lowest BCUT2D eigenvalue weighted by Gasteiger charge is -2.20. The Morgan fingerprint density at radius 1 is 0.733 bits per heavy atom. The summed E-state index contributed by atoms with van der Waals surface area (Å²) in [5.74, 6) is 1.26. The van der Waals surface area contributed by atoms with Gasteiger partial charge < -0.3 is 23.7 Å². The third-order valence-corrected chi connectivity index (χ3v) is 5.25. The van der Waals surface area contributed by atoms with Crippen LogP contribution < -0.4 is 9.47 Å². The SMILES string of the molecule is COCOc1cc(OCOC)c(-c2ccccc2)c(COCc2ccccc2)c1Br. The van der Waals surface area contributed by atoms with E-state index < -0.39 is 0 Å². The Morgan fingerprint density at radius 2 is 1.33 bits per heavy atom. The molecule has 0 fully saturated rings. The second kappa shape index (κ2) is 11.7. The van der Waals surface area contributed by atoms with Gasteiger partial charge in [0, 0.05) is 31.4 Å². The van der Waals surface area contributed by atoms with Crippen LogP contribution in [0.1, 0.15) is 11.1 Å². The van der Waals surface area contributed by atoms with Gasteiger partial charge in [0.1, 0.15) is 11.5 Å². The van der Waals surface area contributed by atoms with Gasteiger partial charge in [-0.15, -0.1) is 0 Å². The van der Waals surface area contributed by atoms with E-state index in [1.807, 2.05) is 66.7 Å². The summed E-state index contributed by atoms with van der Waals surface area (Å²) in [5.41, 5.74) is 3.98. The molecule has 30 heavy (non-hydrogen) atoms. The molecule has 0 radical (unpaired) electrons. The van der Waals surface area contributed by atoms with E-state index in [0.717, 1.165) is 26.7 Å². The molecule has 158 valence electrons. The molecule has 0 saturated heterocycles. The van der Waals surface area contributed by atoms with E-state index >= 15 is 0 Å². The number of benzene rings is 3. The van der Waals surface area contributed by atoms with E-state index in [2.05, 4.69) is 15.9 Å². The minimum atomic E-state index is 0.121. The van der Waals surface area contributed by atoms with E-state index in [0.29, 0.717) is 24.7 Å². The van der Waals surface area contributed by atoms with Crippen molar-refractivity contribution in [1.29, 1.82) is 0 Å². The van der Waals surface area contributed by atoms with Gasteiger partial charge in [0.2, 0.25) is 0 Å². The Morgan fingerprint density at radius 3 is 1.97 bits per heavy atom. The summed E-state index contributed by atoms with van der Waals surface area (Å²) >= 11 is 3.70. The van der Waals surface area contributed by atoms with Crippen LogP contribution in [0.3, 0.4) is 0 Å². The molecule has 6 heteroatoms. The minimum absolute atomic E-state index is 0.121. The van der Waals surface area contributed by atoms with Crippen molar-refractivity contribution in [1.82, 2.24) is 0 Å². The molecule has 0 amide bonds. The van der Waals surface area contributed by atoms with Crippen molar-refractivity contribution < 1.29 is 23.7 Å². The van der Waals surface area contributed by atoms with Crippen LogP contribution in [0, 0.1) is 0 Å². The fourth-order valence-electron chi connectivity index (χ4n) is 3.03. The van der Waals surface area contributed by atoms with Crippen molar-refractivity contribution in [2.45, 2.75) is 13.2 Å². The Hall–Kier alpha value is -2.38. The predicted molar refractivity (Wildman–Crippen MR) is 120 cm³/mol. The van der Waals surface area contributed by atoms with E-state index in [9.17, 15) is 0 Å². The van der Waals surface area contributed by atoms with Crippen LogP contribution in [-0.2, 0) is 27.4 Å². The molecule has 3 aromatic rings. The molecule has 0 aliphatic rings. The number of ether oxygens (including phenoxy) is 5. The maximum absolute atomic E-state index is 6.06. The van der Waals surface area contributed by atoms with E-state index in [1.165, 1.54) is 0 Å². The van der Waals surface area contributed by atoms with Gasteiger partial charge in [0.15, 0.2) is 13.6 Å². The highest BCUT2D eigenvalue weighted by Crippen LogP contribution is 2.43. The molecule has 0 aliphatic heterocycles. The molecule has 3 rings (SSSR count). The predicted octanol–water partition coefficient (Wildman–Crippen LogP) is 5.80. The molecule has 0 bridgehead atoms. The largest absolute Gasteiger partial charge is 0.467 e. The molecular formula is C24H25BrO5. The van der Waals surface area contributed by atoms with Crippen LogP contribution in [0.2, 0.25) is 0 Å². The first-order valence-electron chi connectivity index (χ1n) is 9.50. The third-order valence-electron chi connectivity index (χ3n) is 4.38. The average Bonchev–Trinajstić information content (AvgIpc) is 2.79. The zero-order valence-electron chi connectivity index (χ0n) is 17.1. The molecule has 0 unspecified atom stereocenters. The Bertz CT molecular complexity index is 916.